The number of rotatable bonds is 1. The maximum absolute atomic E-state index is 13.0. The molecule has 3 rings (SSSR count). The van der Waals surface area contributed by atoms with Crippen LogP contribution < -0.4 is 4.90 Å². The van der Waals surface area contributed by atoms with Crippen molar-refractivity contribution >= 4 is 56.9 Å². The number of halogens is 2. The maximum Gasteiger partial charge on any atom is 0.422 e. The number of ether oxygens (including phenoxy) is 1. The summed E-state index contributed by atoms with van der Waals surface area (Å²) in [4.78, 5) is 26.7. The van der Waals surface area contributed by atoms with Crippen LogP contribution in [-0.4, -0.2) is 17.6 Å². The van der Waals surface area contributed by atoms with Crippen LogP contribution in [0.2, 0.25) is 5.02 Å². The summed E-state index contributed by atoms with van der Waals surface area (Å²) >= 11 is 9.43. The van der Waals surface area contributed by atoms with Gasteiger partial charge in [-0.2, -0.15) is 0 Å². The highest BCUT2D eigenvalue weighted by Crippen LogP contribution is 2.40. The molecule has 0 saturated carbocycles. The Balaban J connectivity index is 2.09. The lowest BCUT2D eigenvalue weighted by atomic mass is 10.0. The number of carbonyl (C=O) groups is 2. The van der Waals surface area contributed by atoms with Gasteiger partial charge in [0, 0.05) is 15.1 Å². The number of amides is 2. The molecule has 2 aromatic carbocycles. The summed E-state index contributed by atoms with van der Waals surface area (Å²) < 4.78 is 6.17. The Morgan fingerprint density at radius 1 is 1.19 bits per heavy atom. The molecule has 2 aromatic rings. The predicted octanol–water partition coefficient (Wildman–Crippen LogP) is 5.92. The number of hydrogen-bond donors (Lipinski definition) is 0. The van der Waals surface area contributed by atoms with Crippen LogP contribution in [0, 0.1) is 0 Å². The van der Waals surface area contributed by atoms with Crippen LogP contribution in [0.3, 0.4) is 0 Å². The van der Waals surface area contributed by atoms with Gasteiger partial charge in [-0.15, -0.1) is 0 Å². The first-order valence-electron chi connectivity index (χ1n) is 8.00. The topological polar surface area (TPSA) is 46.6 Å². The normalized spacial score (nSPS) is 15.3. The van der Waals surface area contributed by atoms with E-state index >= 15 is 0 Å². The minimum atomic E-state index is -0.705. The molecule has 0 unspecified atom stereocenters. The summed E-state index contributed by atoms with van der Waals surface area (Å²) in [5.74, 6) is -0.424. The molecule has 4 nitrogen and oxygen atoms in total. The molecule has 134 valence electrons. The van der Waals surface area contributed by atoms with Crippen molar-refractivity contribution in [3.05, 3.63) is 63.1 Å². The van der Waals surface area contributed by atoms with Crippen LogP contribution in [0.4, 0.5) is 10.5 Å². The molecule has 6 heteroatoms. The van der Waals surface area contributed by atoms with E-state index < -0.39 is 17.6 Å². The Morgan fingerprint density at radius 2 is 1.92 bits per heavy atom. The van der Waals surface area contributed by atoms with Crippen LogP contribution in [0.5, 0.6) is 0 Å². The van der Waals surface area contributed by atoms with Crippen molar-refractivity contribution in [3.8, 4) is 0 Å². The maximum atomic E-state index is 13.0. The van der Waals surface area contributed by atoms with Gasteiger partial charge in [-0.05, 0) is 56.7 Å². The first-order chi connectivity index (χ1) is 12.2. The van der Waals surface area contributed by atoms with Crippen LogP contribution in [0.25, 0.3) is 11.6 Å². The first kappa shape index (κ1) is 18.7. The van der Waals surface area contributed by atoms with Gasteiger partial charge in [-0.25, -0.2) is 9.69 Å². The number of carbonyl (C=O) groups excluding carboxylic acids is 2. The van der Waals surface area contributed by atoms with Gasteiger partial charge < -0.3 is 4.74 Å². The van der Waals surface area contributed by atoms with E-state index in [0.717, 1.165) is 14.9 Å². The van der Waals surface area contributed by atoms with Gasteiger partial charge in [-0.1, -0.05) is 45.7 Å². The van der Waals surface area contributed by atoms with Crippen molar-refractivity contribution in [1.82, 2.24) is 0 Å². The van der Waals surface area contributed by atoms with E-state index in [4.69, 9.17) is 16.3 Å². The van der Waals surface area contributed by atoms with Gasteiger partial charge in [0.1, 0.15) is 5.60 Å². The Morgan fingerprint density at radius 3 is 2.58 bits per heavy atom. The molecule has 0 bridgehead atoms. The van der Waals surface area contributed by atoms with E-state index in [1.54, 1.807) is 51.1 Å². The Bertz CT molecular complexity index is 931. The highest BCUT2D eigenvalue weighted by molar-refractivity contribution is 9.10. The zero-order valence-electron chi connectivity index (χ0n) is 14.5. The van der Waals surface area contributed by atoms with Crippen molar-refractivity contribution in [3.63, 3.8) is 0 Å². The molecular weight excluding hydrogens is 418 g/mol. The van der Waals surface area contributed by atoms with Crippen LogP contribution in [0.1, 0.15) is 31.9 Å². The molecule has 0 spiro atoms. The van der Waals surface area contributed by atoms with Crippen molar-refractivity contribution in [1.29, 1.82) is 0 Å². The number of anilines is 1. The third-order valence-corrected chi connectivity index (χ3v) is 4.39. The van der Waals surface area contributed by atoms with Crippen molar-refractivity contribution in [2.75, 3.05) is 4.90 Å². The molecule has 0 N–H and O–H groups in total. The van der Waals surface area contributed by atoms with Gasteiger partial charge in [0.05, 0.1) is 11.3 Å². The van der Waals surface area contributed by atoms with E-state index in [9.17, 15) is 9.59 Å². The zero-order chi connectivity index (χ0) is 19.1. The molecule has 1 aliphatic heterocycles. The average molecular weight is 435 g/mol. The van der Waals surface area contributed by atoms with E-state index in [2.05, 4.69) is 15.9 Å². The van der Waals surface area contributed by atoms with Crippen molar-refractivity contribution < 1.29 is 14.3 Å². The predicted molar refractivity (Wildman–Crippen MR) is 107 cm³/mol. The van der Waals surface area contributed by atoms with Gasteiger partial charge >= 0.3 is 6.09 Å². The number of nitrogens with zero attached hydrogens (tertiary/aromatic N) is 1. The van der Waals surface area contributed by atoms with Gasteiger partial charge in [0.2, 0.25) is 0 Å². The fraction of sp³-hybridized carbons (Fsp3) is 0.200. The highest BCUT2D eigenvalue weighted by Gasteiger charge is 2.39. The zero-order valence-corrected chi connectivity index (χ0v) is 16.9. The van der Waals surface area contributed by atoms with E-state index in [1.165, 1.54) is 0 Å². The molecule has 0 aliphatic carbocycles. The van der Waals surface area contributed by atoms with Crippen LogP contribution in [-0.2, 0) is 9.53 Å². The molecule has 26 heavy (non-hydrogen) atoms. The second-order valence-corrected chi connectivity index (χ2v) is 8.25. The Labute approximate surface area is 165 Å². The summed E-state index contributed by atoms with van der Waals surface area (Å²) in [5.41, 5.74) is 1.65. The molecule has 0 saturated heterocycles. The third-order valence-electron chi connectivity index (χ3n) is 3.66. The summed E-state index contributed by atoms with van der Waals surface area (Å²) in [6.45, 7) is 5.28. The number of hydrogen-bond acceptors (Lipinski definition) is 3. The molecule has 2 amide bonds. The summed E-state index contributed by atoms with van der Waals surface area (Å²) in [7, 11) is 0. The third kappa shape index (κ3) is 3.84. The fourth-order valence-corrected chi connectivity index (χ4v) is 3.20. The largest absolute Gasteiger partial charge is 0.443 e. The Hall–Kier alpha value is -2.11. The van der Waals surface area contributed by atoms with E-state index in [-0.39, 0.29) is 0 Å². The lowest BCUT2D eigenvalue weighted by molar-refractivity contribution is -0.112. The second kappa shape index (κ2) is 6.89. The quantitative estimate of drug-likeness (QED) is 0.523. The minimum Gasteiger partial charge on any atom is -0.443 e. The summed E-state index contributed by atoms with van der Waals surface area (Å²) in [6.07, 6.45) is 1.03. The van der Waals surface area contributed by atoms with E-state index in [1.807, 2.05) is 18.2 Å². The van der Waals surface area contributed by atoms with Gasteiger partial charge in [-0.3, -0.25) is 4.79 Å². The molecule has 1 aliphatic rings. The second-order valence-electron chi connectivity index (χ2n) is 6.90. The number of imide groups is 1. The Kier molecular flexibility index (Phi) is 4.95. The first-order valence-corrected chi connectivity index (χ1v) is 9.17. The molecule has 0 fully saturated rings. The lowest BCUT2D eigenvalue weighted by Gasteiger charge is -2.23. The number of fused-ring (bicyclic) bond motifs is 1. The molecule has 1 heterocycles. The minimum absolute atomic E-state index is 0.417. The van der Waals surface area contributed by atoms with Crippen LogP contribution >= 0.6 is 27.5 Å². The fourth-order valence-electron chi connectivity index (χ4n) is 2.65. The molecular formula is C20H17BrClNO3. The average Bonchev–Trinajstić information content (AvgIpc) is 2.77. The molecule has 0 aromatic heterocycles. The highest BCUT2D eigenvalue weighted by atomic mass is 79.9. The standard InChI is InChI=1S/C20H17BrClNO3/c1-20(2,3)26-19(25)23-17-11-13(21)7-8-15(17)16(18(23)24)10-12-5-4-6-14(22)9-12/h4-11H,1-3H3/b16-10-. The summed E-state index contributed by atoms with van der Waals surface area (Å²) in [5, 5.41) is 0.574. The van der Waals surface area contributed by atoms with Crippen molar-refractivity contribution in [2.45, 2.75) is 26.4 Å². The monoisotopic (exact) mass is 433 g/mol. The number of benzene rings is 2. The van der Waals surface area contributed by atoms with Crippen LogP contribution in [0.15, 0.2) is 46.9 Å². The molecule has 0 radical (unpaired) electrons. The summed E-state index contributed by atoms with van der Waals surface area (Å²) in [6, 6.07) is 12.5. The van der Waals surface area contributed by atoms with Gasteiger partial charge in [0.15, 0.2) is 0 Å². The SMILES string of the molecule is CC(C)(C)OC(=O)N1C(=O)/C(=C\c2cccc(Cl)c2)c2ccc(Br)cc21. The van der Waals surface area contributed by atoms with Crippen molar-refractivity contribution in [2.24, 2.45) is 0 Å². The molecule has 0 atom stereocenters. The van der Waals surface area contributed by atoms with Gasteiger partial charge in [0.25, 0.3) is 5.91 Å². The smallest absolute Gasteiger partial charge is 0.422 e. The lowest BCUT2D eigenvalue weighted by Crippen LogP contribution is -2.38. The van der Waals surface area contributed by atoms with E-state index in [0.29, 0.717) is 21.8 Å².